The van der Waals surface area contributed by atoms with Crippen LogP contribution in [0.25, 0.3) is 0 Å². The van der Waals surface area contributed by atoms with Crippen LogP contribution in [0.15, 0.2) is 36.4 Å². The summed E-state index contributed by atoms with van der Waals surface area (Å²) >= 11 is 0. The van der Waals surface area contributed by atoms with Crippen LogP contribution in [0.3, 0.4) is 0 Å². The van der Waals surface area contributed by atoms with Crippen molar-refractivity contribution in [2.75, 3.05) is 13.2 Å². The lowest BCUT2D eigenvalue weighted by molar-refractivity contribution is -0.278. The minimum atomic E-state index is -4.25. The van der Waals surface area contributed by atoms with Crippen LogP contribution in [0.5, 0.6) is 51.7 Å². The van der Waals surface area contributed by atoms with Gasteiger partial charge in [-0.2, -0.15) is 0 Å². The highest BCUT2D eigenvalue weighted by Gasteiger charge is 2.77. The quantitative estimate of drug-likeness (QED) is 0.106. The second-order valence-electron chi connectivity index (χ2n) is 9.90. The number of hydrogen-bond acceptors (Lipinski definition) is 17. The summed E-state index contributed by atoms with van der Waals surface area (Å²) < 4.78 is 5.17. The third kappa shape index (κ3) is 4.26. The maximum atomic E-state index is 14.1. The first kappa shape index (κ1) is 31.6. The first-order valence-electron chi connectivity index (χ1n) is 12.2. The molecule has 0 aliphatic carbocycles. The number of aliphatic hydroxyl groups is 4. The van der Waals surface area contributed by atoms with E-state index in [0.29, 0.717) is 36.4 Å². The van der Waals surface area contributed by atoms with Gasteiger partial charge < -0.3 is 71.1 Å². The van der Waals surface area contributed by atoms with Gasteiger partial charge in [0.25, 0.3) is 0 Å². The molecule has 17 heteroatoms. The molecule has 0 saturated carbocycles. The van der Waals surface area contributed by atoms with Gasteiger partial charge in [0.05, 0.1) is 13.2 Å². The fourth-order valence-corrected chi connectivity index (χ4v) is 4.95. The zero-order valence-electron chi connectivity index (χ0n) is 21.9. The van der Waals surface area contributed by atoms with Crippen LogP contribution in [0, 0.1) is 0 Å². The molecule has 4 rings (SSSR count). The average Bonchev–Trinajstić information content (AvgIpc) is 2.98. The number of hydrogen-bond donors (Lipinski definition) is 13. The Hall–Kier alpha value is -5.33. The number of ether oxygens (including phenoxy) is 1. The van der Waals surface area contributed by atoms with E-state index in [1.807, 2.05) is 0 Å². The molecule has 0 radical (unpaired) electrons. The molecule has 1 aliphatic rings. The summed E-state index contributed by atoms with van der Waals surface area (Å²) in [6.07, 6.45) is -2.41. The van der Waals surface area contributed by atoms with Gasteiger partial charge in [-0.25, -0.2) is 0 Å². The predicted octanol–water partition coefficient (Wildman–Crippen LogP) is -1.43. The van der Waals surface area contributed by atoms with Gasteiger partial charge in [-0.1, -0.05) is 0 Å². The monoisotopic (exact) mass is 620 g/mol. The molecule has 3 aromatic rings. The van der Waals surface area contributed by atoms with Crippen molar-refractivity contribution in [1.29, 1.82) is 0 Å². The van der Waals surface area contributed by atoms with Gasteiger partial charge in [-0.3, -0.25) is 14.4 Å². The van der Waals surface area contributed by atoms with Gasteiger partial charge in [-0.15, -0.1) is 0 Å². The number of carbonyl (C=O) groups excluding carboxylic acids is 3. The molecule has 4 atom stereocenters. The molecule has 44 heavy (non-hydrogen) atoms. The van der Waals surface area contributed by atoms with Gasteiger partial charge in [0.2, 0.25) is 23.0 Å². The van der Waals surface area contributed by atoms with E-state index in [0.717, 1.165) is 0 Å². The molecular weight excluding hydrogens is 596 g/mol. The molecular formula is C27H24O17. The molecule has 234 valence electrons. The van der Waals surface area contributed by atoms with Crippen LogP contribution in [0.1, 0.15) is 31.1 Å². The molecule has 17 nitrogen and oxygen atoms in total. The molecule has 13 N–H and O–H groups in total. The fourth-order valence-electron chi connectivity index (χ4n) is 4.95. The number of phenols is 9. The standard InChI is InChI=1S/C27H24O17/c28-7-18-26(42,23(39)10-3-14(31)20(36)15(32)4-10)27(43,24(40)11-5-16(33)21(37)17(34)6-11)25(41,8-44-18)22(38)9-1-12(29)19(35)13(30)2-9/h1-6,18,28-37,41-43H,7-8H2/t18-,25-,26+,27-/m1/s1. The molecule has 0 bridgehead atoms. The summed E-state index contributed by atoms with van der Waals surface area (Å²) in [6, 6.07) is 2.55. The van der Waals surface area contributed by atoms with E-state index < -0.39 is 122 Å². The number of aromatic hydroxyl groups is 9. The van der Waals surface area contributed by atoms with E-state index in [9.17, 15) is 80.8 Å². The van der Waals surface area contributed by atoms with E-state index in [1.165, 1.54) is 0 Å². The van der Waals surface area contributed by atoms with Crippen molar-refractivity contribution >= 4 is 17.3 Å². The zero-order valence-corrected chi connectivity index (χ0v) is 21.9. The first-order chi connectivity index (χ1) is 20.4. The summed E-state index contributed by atoms with van der Waals surface area (Å²) in [4.78, 5) is 41.8. The lowest BCUT2D eigenvalue weighted by Crippen LogP contribution is -2.84. The van der Waals surface area contributed by atoms with Crippen LogP contribution in [-0.4, -0.2) is 120 Å². The van der Waals surface area contributed by atoms with Crippen molar-refractivity contribution in [2.24, 2.45) is 0 Å². The van der Waals surface area contributed by atoms with E-state index >= 15 is 0 Å². The van der Waals surface area contributed by atoms with E-state index in [2.05, 4.69) is 0 Å². The Morgan fingerprint density at radius 3 is 1.25 bits per heavy atom. The summed E-state index contributed by atoms with van der Waals surface area (Å²) in [5.41, 5.74) is -15.1. The molecule has 0 amide bonds. The second kappa shape index (κ2) is 10.4. The number of benzene rings is 3. The zero-order chi connectivity index (χ0) is 33.1. The summed E-state index contributed by atoms with van der Waals surface area (Å²) in [5.74, 6) is -16.3. The topological polar surface area (TPSA) is 323 Å². The molecule has 3 aromatic carbocycles. The van der Waals surface area contributed by atoms with E-state index in [1.54, 1.807) is 0 Å². The van der Waals surface area contributed by atoms with Crippen molar-refractivity contribution < 1.29 is 85.5 Å². The van der Waals surface area contributed by atoms with Crippen molar-refractivity contribution in [3.63, 3.8) is 0 Å². The molecule has 0 unspecified atom stereocenters. The molecule has 0 aromatic heterocycles. The maximum Gasteiger partial charge on any atom is 0.205 e. The first-order valence-corrected chi connectivity index (χ1v) is 12.2. The average molecular weight is 620 g/mol. The van der Waals surface area contributed by atoms with Gasteiger partial charge in [-0.05, 0) is 36.4 Å². The number of ketones is 3. The fraction of sp³-hybridized carbons (Fsp3) is 0.222. The molecule has 1 fully saturated rings. The smallest absolute Gasteiger partial charge is 0.205 e. The summed E-state index contributed by atoms with van der Waals surface area (Å²) in [6.45, 7) is -2.94. The largest absolute Gasteiger partial charge is 0.504 e. The Morgan fingerprint density at radius 2 is 0.909 bits per heavy atom. The van der Waals surface area contributed by atoms with Crippen LogP contribution < -0.4 is 0 Å². The summed E-state index contributed by atoms with van der Waals surface area (Å²) in [7, 11) is 0. The number of phenolic OH excluding ortho intramolecular Hbond substituents is 9. The van der Waals surface area contributed by atoms with E-state index in [-0.39, 0.29) is 0 Å². The Labute approximate surface area is 244 Å². The van der Waals surface area contributed by atoms with Gasteiger partial charge in [0.1, 0.15) is 6.10 Å². The highest BCUT2D eigenvalue weighted by atomic mass is 16.5. The third-order valence-electron chi connectivity index (χ3n) is 7.32. The number of aliphatic hydroxyl groups excluding tert-OH is 1. The number of carbonyl (C=O) groups is 3. The SMILES string of the molecule is O=C(c1cc(O)c(O)c(O)c1)[C@@]1(O)[C@](O)(C(=O)c2cc(O)c(O)c(O)c2)CO[C@H](CO)[C@]1(O)C(=O)c1cc(O)c(O)c(O)c1. The van der Waals surface area contributed by atoms with Gasteiger partial charge in [0, 0.05) is 16.7 Å². The lowest BCUT2D eigenvalue weighted by Gasteiger charge is -2.55. The van der Waals surface area contributed by atoms with Gasteiger partial charge >= 0.3 is 0 Å². The van der Waals surface area contributed by atoms with Crippen molar-refractivity contribution in [3.05, 3.63) is 53.1 Å². The second-order valence-corrected chi connectivity index (χ2v) is 9.90. The van der Waals surface area contributed by atoms with Crippen LogP contribution in [0.2, 0.25) is 0 Å². The normalized spacial score (nSPS) is 25.0. The maximum absolute atomic E-state index is 14.1. The van der Waals surface area contributed by atoms with Crippen LogP contribution in [0.4, 0.5) is 0 Å². The number of rotatable bonds is 7. The number of Topliss-reactive ketones (excluding diaryl/α,β-unsaturated/α-hetero) is 3. The Bertz CT molecular complexity index is 1650. The Kier molecular flexibility index (Phi) is 7.50. The predicted molar refractivity (Wildman–Crippen MR) is 139 cm³/mol. The van der Waals surface area contributed by atoms with E-state index in [4.69, 9.17) is 4.74 Å². The third-order valence-corrected chi connectivity index (χ3v) is 7.32. The van der Waals surface area contributed by atoms with Crippen molar-refractivity contribution in [2.45, 2.75) is 22.9 Å². The Morgan fingerprint density at radius 1 is 0.591 bits per heavy atom. The lowest BCUT2D eigenvalue weighted by atomic mass is 9.59. The minimum absolute atomic E-state index is 0.394. The highest BCUT2D eigenvalue weighted by molar-refractivity contribution is 6.19. The van der Waals surface area contributed by atoms with Crippen molar-refractivity contribution in [1.82, 2.24) is 0 Å². The van der Waals surface area contributed by atoms with Gasteiger partial charge in [0.15, 0.2) is 62.9 Å². The molecule has 0 spiro atoms. The van der Waals surface area contributed by atoms with Crippen LogP contribution in [-0.2, 0) is 4.74 Å². The Balaban J connectivity index is 2.08. The minimum Gasteiger partial charge on any atom is -0.504 e. The molecule has 1 saturated heterocycles. The molecule has 1 aliphatic heterocycles. The molecule has 1 heterocycles. The van der Waals surface area contributed by atoms with Crippen molar-refractivity contribution in [3.8, 4) is 51.7 Å². The van der Waals surface area contributed by atoms with Crippen LogP contribution >= 0.6 is 0 Å². The highest BCUT2D eigenvalue weighted by Crippen LogP contribution is 2.49. The summed E-state index contributed by atoms with van der Waals surface area (Å²) in [5, 5.41) is 135.